The molecule has 0 bridgehead atoms. The van der Waals surface area contributed by atoms with Crippen LogP contribution in [0.3, 0.4) is 0 Å². The number of benzene rings is 1. The van der Waals surface area contributed by atoms with E-state index < -0.39 is 0 Å². The molecule has 1 saturated heterocycles. The van der Waals surface area contributed by atoms with E-state index in [1.165, 1.54) is 13.1 Å². The number of unbranched alkanes of at least 4 members (excludes halogenated alkanes) is 1. The van der Waals surface area contributed by atoms with Crippen molar-refractivity contribution in [2.45, 2.75) is 32.6 Å². The number of hydrogen-bond acceptors (Lipinski definition) is 3. The molecule has 1 fully saturated rings. The van der Waals surface area contributed by atoms with Gasteiger partial charge in [-0.2, -0.15) is 0 Å². The van der Waals surface area contributed by atoms with Crippen LogP contribution in [0.2, 0.25) is 0 Å². The van der Waals surface area contributed by atoms with Crippen LogP contribution in [0.5, 0.6) is 11.5 Å². The molecule has 0 unspecified atom stereocenters. The molecule has 0 radical (unpaired) electrons. The largest absolute Gasteiger partial charge is 0.494 e. The summed E-state index contributed by atoms with van der Waals surface area (Å²) in [7, 11) is 2.33. The molecule has 0 N–H and O–H groups in total. The predicted octanol–water partition coefficient (Wildman–Crippen LogP) is 3.50. The molecular weight excluding hydrogens is 290 g/mol. The zero-order valence-corrected chi connectivity index (χ0v) is 14.8. The molecule has 0 spiro atoms. The molecule has 1 aliphatic heterocycles. The van der Waals surface area contributed by atoms with Gasteiger partial charge in [-0.15, -0.1) is 0 Å². The van der Waals surface area contributed by atoms with Crippen molar-refractivity contribution in [2.24, 2.45) is 0 Å². The van der Waals surface area contributed by atoms with Gasteiger partial charge in [-0.1, -0.05) is 13.3 Å². The van der Waals surface area contributed by atoms with Crippen LogP contribution in [0.15, 0.2) is 24.3 Å². The van der Waals surface area contributed by atoms with Crippen molar-refractivity contribution < 1.29 is 18.7 Å². The molecule has 0 saturated carbocycles. The first kappa shape index (κ1) is 18.1. The molecule has 1 aromatic carbocycles. The monoisotopic (exact) mass is 322 g/mol. The van der Waals surface area contributed by atoms with Crippen LogP contribution in [0, 0.1) is 0 Å². The second-order valence-corrected chi connectivity index (χ2v) is 6.63. The first-order chi connectivity index (χ1) is 11.2. The lowest BCUT2D eigenvalue weighted by Crippen LogP contribution is -2.49. The summed E-state index contributed by atoms with van der Waals surface area (Å²) < 4.78 is 18.2. The molecule has 0 atom stereocenters. The fraction of sp³-hybridized carbons (Fsp3) is 0.684. The topological polar surface area (TPSA) is 27.7 Å². The lowest BCUT2D eigenvalue weighted by molar-refractivity contribution is -0.910. The van der Waals surface area contributed by atoms with Gasteiger partial charge in [0.15, 0.2) is 0 Å². The van der Waals surface area contributed by atoms with E-state index in [2.05, 4.69) is 14.0 Å². The van der Waals surface area contributed by atoms with Gasteiger partial charge in [-0.05, 0) is 30.7 Å². The van der Waals surface area contributed by atoms with Gasteiger partial charge in [-0.25, -0.2) is 0 Å². The minimum Gasteiger partial charge on any atom is -0.494 e. The van der Waals surface area contributed by atoms with Crippen molar-refractivity contribution in [1.82, 2.24) is 0 Å². The van der Waals surface area contributed by atoms with Gasteiger partial charge in [0, 0.05) is 12.8 Å². The Balaban J connectivity index is 1.72. The van der Waals surface area contributed by atoms with Crippen molar-refractivity contribution in [3.05, 3.63) is 24.3 Å². The Hall–Kier alpha value is -1.26. The number of likely N-dealkylation sites (N-methyl/N-ethyl adjacent to an activating group) is 1. The number of quaternary nitrogens is 1. The van der Waals surface area contributed by atoms with E-state index in [0.29, 0.717) is 0 Å². The van der Waals surface area contributed by atoms with Crippen LogP contribution >= 0.6 is 0 Å². The summed E-state index contributed by atoms with van der Waals surface area (Å²) in [6.07, 6.45) is 4.53. The average molecular weight is 322 g/mol. The second kappa shape index (κ2) is 9.78. The first-order valence-corrected chi connectivity index (χ1v) is 8.99. The molecule has 1 aromatic rings. The SMILES string of the molecule is CCCCOc1ccc(OCC[N+]2(C)CCCOCCC2)cc1. The smallest absolute Gasteiger partial charge is 0.137 e. The zero-order chi connectivity index (χ0) is 16.4. The molecule has 0 amide bonds. The standard InChI is InChI=1S/C19H32NO3/c1-3-4-16-22-18-7-9-19(10-8-18)23-17-13-20(2)11-5-14-21-15-6-12-20/h7-10H,3-6,11-17H2,1-2H3/q+1. The van der Waals surface area contributed by atoms with Crippen molar-refractivity contribution in [3.8, 4) is 11.5 Å². The molecule has 4 nitrogen and oxygen atoms in total. The molecule has 1 aliphatic rings. The highest BCUT2D eigenvalue weighted by Crippen LogP contribution is 2.18. The third-order valence-corrected chi connectivity index (χ3v) is 4.46. The lowest BCUT2D eigenvalue weighted by atomic mass is 10.2. The molecule has 2 rings (SSSR count). The molecular formula is C19H32NO3+. The van der Waals surface area contributed by atoms with Crippen LogP contribution in [0.1, 0.15) is 32.6 Å². The normalized spacial score (nSPS) is 18.0. The Kier molecular flexibility index (Phi) is 7.69. The molecule has 0 aromatic heterocycles. The third-order valence-electron chi connectivity index (χ3n) is 4.46. The summed E-state index contributed by atoms with van der Waals surface area (Å²) in [5.74, 6) is 1.85. The Morgan fingerprint density at radius 1 is 0.957 bits per heavy atom. The maximum atomic E-state index is 5.92. The van der Waals surface area contributed by atoms with Crippen LogP contribution in [-0.4, -0.2) is 57.6 Å². The van der Waals surface area contributed by atoms with Gasteiger partial charge in [-0.3, -0.25) is 0 Å². The highest BCUT2D eigenvalue weighted by molar-refractivity contribution is 5.31. The summed E-state index contributed by atoms with van der Waals surface area (Å²) in [4.78, 5) is 0. The minimum absolute atomic E-state index is 0.757. The lowest BCUT2D eigenvalue weighted by Gasteiger charge is -2.35. The van der Waals surface area contributed by atoms with E-state index in [1.54, 1.807) is 0 Å². The Morgan fingerprint density at radius 3 is 2.09 bits per heavy atom. The predicted molar refractivity (Wildman–Crippen MR) is 93.2 cm³/mol. The quantitative estimate of drug-likeness (QED) is 0.541. The van der Waals surface area contributed by atoms with E-state index >= 15 is 0 Å². The summed E-state index contributed by atoms with van der Waals surface area (Å²) >= 11 is 0. The van der Waals surface area contributed by atoms with Crippen LogP contribution in [-0.2, 0) is 4.74 Å². The summed E-state index contributed by atoms with van der Waals surface area (Å²) in [5, 5.41) is 0. The van der Waals surface area contributed by atoms with Crippen LogP contribution in [0.4, 0.5) is 0 Å². The summed E-state index contributed by atoms with van der Waals surface area (Å²) in [5.41, 5.74) is 0. The van der Waals surface area contributed by atoms with Gasteiger partial charge in [0.1, 0.15) is 24.7 Å². The van der Waals surface area contributed by atoms with E-state index in [0.717, 1.165) is 74.6 Å². The first-order valence-electron chi connectivity index (χ1n) is 8.99. The molecule has 4 heteroatoms. The van der Waals surface area contributed by atoms with Crippen LogP contribution in [0.25, 0.3) is 0 Å². The van der Waals surface area contributed by atoms with Gasteiger partial charge < -0.3 is 18.7 Å². The van der Waals surface area contributed by atoms with Crippen molar-refractivity contribution in [1.29, 1.82) is 0 Å². The Bertz CT molecular complexity index is 425. The van der Waals surface area contributed by atoms with E-state index in [1.807, 2.05) is 24.3 Å². The summed E-state index contributed by atoms with van der Waals surface area (Å²) in [6, 6.07) is 7.99. The molecule has 0 aliphatic carbocycles. The zero-order valence-electron chi connectivity index (χ0n) is 14.8. The van der Waals surface area contributed by atoms with Gasteiger partial charge in [0.2, 0.25) is 0 Å². The third kappa shape index (κ3) is 6.80. The second-order valence-electron chi connectivity index (χ2n) is 6.63. The van der Waals surface area contributed by atoms with Crippen molar-refractivity contribution >= 4 is 0 Å². The fourth-order valence-electron chi connectivity index (χ4n) is 2.88. The van der Waals surface area contributed by atoms with Crippen molar-refractivity contribution in [3.63, 3.8) is 0 Å². The number of rotatable bonds is 8. The van der Waals surface area contributed by atoms with Crippen molar-refractivity contribution in [2.75, 3.05) is 53.1 Å². The van der Waals surface area contributed by atoms with E-state index in [-0.39, 0.29) is 0 Å². The molecule has 130 valence electrons. The maximum absolute atomic E-state index is 5.92. The average Bonchev–Trinajstić information content (AvgIpc) is 2.53. The van der Waals surface area contributed by atoms with Gasteiger partial charge >= 0.3 is 0 Å². The molecule has 23 heavy (non-hydrogen) atoms. The Labute approximate surface area is 140 Å². The van der Waals surface area contributed by atoms with Gasteiger partial charge in [0.25, 0.3) is 0 Å². The highest BCUT2D eigenvalue weighted by Gasteiger charge is 2.22. The summed E-state index contributed by atoms with van der Waals surface area (Å²) in [6.45, 7) is 8.91. The Morgan fingerprint density at radius 2 is 1.52 bits per heavy atom. The fourth-order valence-corrected chi connectivity index (χ4v) is 2.88. The maximum Gasteiger partial charge on any atom is 0.137 e. The minimum atomic E-state index is 0.757. The number of ether oxygens (including phenoxy) is 3. The number of hydrogen-bond donors (Lipinski definition) is 0. The molecule has 1 heterocycles. The van der Waals surface area contributed by atoms with E-state index in [4.69, 9.17) is 14.2 Å². The van der Waals surface area contributed by atoms with E-state index in [9.17, 15) is 0 Å². The highest BCUT2D eigenvalue weighted by atomic mass is 16.5. The van der Waals surface area contributed by atoms with Crippen LogP contribution < -0.4 is 9.47 Å². The number of nitrogens with zero attached hydrogens (tertiary/aromatic N) is 1. The van der Waals surface area contributed by atoms with Gasteiger partial charge in [0.05, 0.1) is 40.0 Å².